The summed E-state index contributed by atoms with van der Waals surface area (Å²) in [6, 6.07) is 5.57. The monoisotopic (exact) mass is 383 g/mol. The van der Waals surface area contributed by atoms with Crippen molar-refractivity contribution >= 4 is 27.6 Å². The summed E-state index contributed by atoms with van der Waals surface area (Å²) in [4.78, 5) is 19.8. The smallest absolute Gasteiger partial charge is 0.254 e. The predicted octanol–water partition coefficient (Wildman–Crippen LogP) is 2.08. The molecular weight excluding hydrogens is 369 g/mol. The van der Waals surface area contributed by atoms with Crippen molar-refractivity contribution in [3.63, 3.8) is 0 Å². The molecule has 0 aliphatic carbocycles. The number of amides is 1. The van der Waals surface area contributed by atoms with Gasteiger partial charge < -0.3 is 9.47 Å². The molecule has 0 unspecified atom stereocenters. The maximum absolute atomic E-state index is 13.1. The number of aryl methyl sites for hydroxylation is 1. The third-order valence-corrected chi connectivity index (χ3v) is 5.47. The van der Waals surface area contributed by atoms with Crippen molar-refractivity contribution in [2.75, 3.05) is 6.54 Å². The lowest BCUT2D eigenvalue weighted by Crippen LogP contribution is -2.38. The molecular formula is C17H14FN7OS. The Morgan fingerprint density at radius 3 is 2.78 bits per heavy atom. The van der Waals surface area contributed by atoms with Crippen LogP contribution in [-0.2, 0) is 20.1 Å². The molecule has 4 aromatic rings. The highest BCUT2D eigenvalue weighted by Gasteiger charge is 2.27. The molecule has 5 rings (SSSR count). The van der Waals surface area contributed by atoms with E-state index >= 15 is 0 Å². The molecule has 10 heteroatoms. The van der Waals surface area contributed by atoms with Gasteiger partial charge in [-0.25, -0.2) is 9.37 Å². The van der Waals surface area contributed by atoms with Crippen molar-refractivity contribution in [2.45, 2.75) is 13.1 Å². The second-order valence-corrected chi connectivity index (χ2v) is 7.31. The van der Waals surface area contributed by atoms with Crippen molar-refractivity contribution in [3.8, 4) is 10.8 Å². The Balaban J connectivity index is 1.41. The van der Waals surface area contributed by atoms with Gasteiger partial charge >= 0.3 is 0 Å². The van der Waals surface area contributed by atoms with E-state index in [0.29, 0.717) is 36.8 Å². The van der Waals surface area contributed by atoms with Crippen LogP contribution in [0.5, 0.6) is 0 Å². The summed E-state index contributed by atoms with van der Waals surface area (Å²) in [6.07, 6.45) is 1.87. The summed E-state index contributed by atoms with van der Waals surface area (Å²) in [5, 5.41) is 13.7. The lowest BCUT2D eigenvalue weighted by atomic mass is 10.2. The highest BCUT2D eigenvalue weighted by atomic mass is 32.1. The number of carbonyl (C=O) groups is 1. The molecule has 1 amide bonds. The fourth-order valence-corrected chi connectivity index (χ4v) is 4.13. The molecule has 8 nitrogen and oxygen atoms in total. The third kappa shape index (κ3) is 2.69. The first-order chi connectivity index (χ1) is 13.1. The van der Waals surface area contributed by atoms with Gasteiger partial charge in [-0.15, -0.1) is 10.2 Å². The number of hydrogen-bond donors (Lipinski definition) is 0. The Bertz CT molecular complexity index is 1130. The van der Waals surface area contributed by atoms with E-state index in [2.05, 4.69) is 20.3 Å². The van der Waals surface area contributed by atoms with E-state index in [1.165, 1.54) is 35.6 Å². The molecule has 0 fully saturated rings. The molecule has 1 aliphatic heterocycles. The van der Waals surface area contributed by atoms with Crippen molar-refractivity contribution in [3.05, 3.63) is 47.7 Å². The molecule has 0 bridgehead atoms. The summed E-state index contributed by atoms with van der Waals surface area (Å²) >= 11 is 1.47. The number of rotatable bonds is 2. The van der Waals surface area contributed by atoms with E-state index in [1.807, 2.05) is 17.8 Å². The molecule has 0 saturated heterocycles. The Labute approximate surface area is 156 Å². The molecule has 4 heterocycles. The minimum Gasteiger partial charge on any atom is -0.329 e. The van der Waals surface area contributed by atoms with Gasteiger partial charge in [-0.1, -0.05) is 11.3 Å². The minimum atomic E-state index is -0.361. The van der Waals surface area contributed by atoms with Crippen LogP contribution in [0.25, 0.3) is 21.2 Å². The molecule has 27 heavy (non-hydrogen) atoms. The van der Waals surface area contributed by atoms with Crippen LogP contribution < -0.4 is 0 Å². The SMILES string of the molecule is Cn1cc2nc(-c3nnc4n3CCN(C(=O)c3ccc(F)cc3)C4)sc2n1. The number of fused-ring (bicyclic) bond motifs is 2. The van der Waals surface area contributed by atoms with Gasteiger partial charge in [-0.3, -0.25) is 9.48 Å². The first kappa shape index (κ1) is 16.1. The largest absolute Gasteiger partial charge is 0.329 e. The zero-order valence-corrected chi connectivity index (χ0v) is 15.1. The number of hydrogen-bond acceptors (Lipinski definition) is 6. The normalized spacial score (nSPS) is 13.9. The molecule has 0 saturated carbocycles. The van der Waals surface area contributed by atoms with Gasteiger partial charge in [0.2, 0.25) is 0 Å². The maximum atomic E-state index is 13.1. The van der Waals surface area contributed by atoms with Crippen LogP contribution in [0.3, 0.4) is 0 Å². The van der Waals surface area contributed by atoms with Crippen LogP contribution in [0.1, 0.15) is 16.2 Å². The van der Waals surface area contributed by atoms with E-state index in [4.69, 9.17) is 0 Å². The number of benzene rings is 1. The van der Waals surface area contributed by atoms with Crippen LogP contribution in [0.2, 0.25) is 0 Å². The van der Waals surface area contributed by atoms with Crippen molar-refractivity contribution < 1.29 is 9.18 Å². The second-order valence-electron chi connectivity index (χ2n) is 6.34. The number of aromatic nitrogens is 6. The van der Waals surface area contributed by atoms with Gasteiger partial charge in [0.05, 0.1) is 12.7 Å². The Morgan fingerprint density at radius 1 is 1.19 bits per heavy atom. The fraction of sp³-hybridized carbons (Fsp3) is 0.235. The van der Waals surface area contributed by atoms with Gasteiger partial charge in [0.25, 0.3) is 5.91 Å². The molecule has 136 valence electrons. The standard InChI is InChI=1S/C17H14FN7OS/c1-23-8-12-15(22-23)27-16(19-12)14-21-20-13-9-24(6-7-25(13)14)17(26)10-2-4-11(18)5-3-10/h2-5,8H,6-7,9H2,1H3. The predicted molar refractivity (Wildman–Crippen MR) is 96.5 cm³/mol. The summed E-state index contributed by atoms with van der Waals surface area (Å²) in [7, 11) is 1.86. The van der Waals surface area contributed by atoms with E-state index in [1.54, 1.807) is 9.58 Å². The summed E-state index contributed by atoms with van der Waals surface area (Å²) in [5.41, 5.74) is 1.29. The van der Waals surface area contributed by atoms with E-state index in [9.17, 15) is 9.18 Å². The second kappa shape index (κ2) is 5.95. The number of carbonyl (C=O) groups excluding carboxylic acids is 1. The summed E-state index contributed by atoms with van der Waals surface area (Å²) in [6.45, 7) is 1.46. The number of halogens is 1. The van der Waals surface area contributed by atoms with Crippen molar-refractivity contribution in [1.82, 2.24) is 34.4 Å². The highest BCUT2D eigenvalue weighted by Crippen LogP contribution is 2.29. The zero-order valence-electron chi connectivity index (χ0n) is 14.3. The Hall–Kier alpha value is -3.14. The minimum absolute atomic E-state index is 0.143. The zero-order chi connectivity index (χ0) is 18.5. The van der Waals surface area contributed by atoms with Gasteiger partial charge in [-0.05, 0) is 24.3 Å². The lowest BCUT2D eigenvalue weighted by molar-refractivity contribution is 0.0708. The lowest BCUT2D eigenvalue weighted by Gasteiger charge is -2.27. The molecule has 1 aromatic carbocycles. The number of thiazole rings is 1. The van der Waals surface area contributed by atoms with Gasteiger partial charge in [0, 0.05) is 25.7 Å². The summed E-state index contributed by atoms with van der Waals surface area (Å²) < 4.78 is 16.8. The van der Waals surface area contributed by atoms with Crippen LogP contribution in [0.4, 0.5) is 4.39 Å². The van der Waals surface area contributed by atoms with E-state index in [0.717, 1.165) is 15.4 Å². The van der Waals surface area contributed by atoms with Gasteiger partial charge in [0.1, 0.15) is 11.3 Å². The fourth-order valence-electron chi connectivity index (χ4n) is 3.19. The molecule has 0 spiro atoms. The van der Waals surface area contributed by atoms with Crippen LogP contribution in [-0.4, -0.2) is 46.9 Å². The maximum Gasteiger partial charge on any atom is 0.254 e. The van der Waals surface area contributed by atoms with Crippen LogP contribution in [0.15, 0.2) is 30.5 Å². The third-order valence-electron chi connectivity index (χ3n) is 4.52. The van der Waals surface area contributed by atoms with Crippen molar-refractivity contribution in [2.24, 2.45) is 7.05 Å². The highest BCUT2D eigenvalue weighted by molar-refractivity contribution is 7.21. The summed E-state index contributed by atoms with van der Waals surface area (Å²) in [5.74, 6) is 0.903. The average Bonchev–Trinajstić information content (AvgIpc) is 3.33. The molecule has 0 atom stereocenters. The van der Waals surface area contributed by atoms with E-state index < -0.39 is 0 Å². The van der Waals surface area contributed by atoms with Crippen molar-refractivity contribution in [1.29, 1.82) is 0 Å². The molecule has 3 aromatic heterocycles. The average molecular weight is 383 g/mol. The molecule has 0 radical (unpaired) electrons. The first-order valence-electron chi connectivity index (χ1n) is 8.36. The van der Waals surface area contributed by atoms with Crippen LogP contribution >= 0.6 is 11.3 Å². The van der Waals surface area contributed by atoms with Gasteiger partial charge in [0.15, 0.2) is 21.5 Å². The topological polar surface area (TPSA) is 81.7 Å². The Morgan fingerprint density at radius 2 is 2.00 bits per heavy atom. The van der Waals surface area contributed by atoms with E-state index in [-0.39, 0.29) is 11.7 Å². The molecule has 1 aliphatic rings. The first-order valence-corrected chi connectivity index (χ1v) is 9.17. The Kier molecular flexibility index (Phi) is 3.54. The quantitative estimate of drug-likeness (QED) is 0.529. The molecule has 0 N–H and O–H groups in total. The van der Waals surface area contributed by atoms with Crippen LogP contribution in [0, 0.1) is 5.82 Å². The van der Waals surface area contributed by atoms with Gasteiger partial charge in [-0.2, -0.15) is 5.10 Å². The number of nitrogens with zero attached hydrogens (tertiary/aromatic N) is 7.